The van der Waals surface area contributed by atoms with Gasteiger partial charge in [-0.15, -0.1) is 0 Å². The predicted octanol–water partition coefficient (Wildman–Crippen LogP) is 2.32. The fourth-order valence-electron chi connectivity index (χ4n) is 1.22. The number of hydrogen-bond acceptors (Lipinski definition) is 4. The van der Waals surface area contributed by atoms with E-state index in [1.165, 1.54) is 23.9 Å². The van der Waals surface area contributed by atoms with Gasteiger partial charge in [0.2, 0.25) is 0 Å². The zero-order valence-corrected chi connectivity index (χ0v) is 9.50. The maximum atomic E-state index is 12.9. The van der Waals surface area contributed by atoms with Crippen LogP contribution in [0.4, 0.5) is 10.1 Å². The van der Waals surface area contributed by atoms with Gasteiger partial charge in [-0.05, 0) is 30.9 Å². The Bertz CT molecular complexity index is 374. The van der Waals surface area contributed by atoms with Gasteiger partial charge in [-0.2, -0.15) is 11.8 Å². The molecular formula is C10H13FN2O2S. The summed E-state index contributed by atoms with van der Waals surface area (Å²) in [6.07, 6.45) is 0.855. The topological polar surface area (TPSA) is 69.2 Å². The van der Waals surface area contributed by atoms with Crippen LogP contribution < -0.4 is 5.73 Å². The van der Waals surface area contributed by atoms with Crippen LogP contribution in [0.25, 0.3) is 0 Å². The van der Waals surface area contributed by atoms with Crippen LogP contribution in [0, 0.1) is 15.9 Å². The molecule has 0 bridgehead atoms. The highest BCUT2D eigenvalue weighted by molar-refractivity contribution is 7.98. The van der Waals surface area contributed by atoms with Crippen LogP contribution in [0.15, 0.2) is 18.2 Å². The smallest absolute Gasteiger partial charge is 0.273 e. The van der Waals surface area contributed by atoms with Crippen molar-refractivity contribution in [2.75, 3.05) is 12.3 Å². The lowest BCUT2D eigenvalue weighted by molar-refractivity contribution is -0.385. The summed E-state index contributed by atoms with van der Waals surface area (Å²) in [5.74, 6) is 0.818. The van der Waals surface area contributed by atoms with Crippen molar-refractivity contribution in [3.63, 3.8) is 0 Å². The molecule has 0 aliphatic heterocycles. The van der Waals surface area contributed by atoms with Gasteiger partial charge in [0, 0.05) is 17.4 Å². The van der Waals surface area contributed by atoms with Crippen molar-refractivity contribution in [1.82, 2.24) is 0 Å². The van der Waals surface area contributed by atoms with Gasteiger partial charge in [0.1, 0.15) is 5.82 Å². The van der Waals surface area contributed by atoms with Crippen molar-refractivity contribution in [1.29, 1.82) is 0 Å². The molecule has 0 amide bonds. The first kappa shape index (κ1) is 12.9. The third-order valence-corrected chi connectivity index (χ3v) is 3.08. The number of halogens is 1. The van der Waals surface area contributed by atoms with Crippen LogP contribution in [-0.4, -0.2) is 17.2 Å². The van der Waals surface area contributed by atoms with Crippen molar-refractivity contribution >= 4 is 17.4 Å². The summed E-state index contributed by atoms with van der Waals surface area (Å²) in [5, 5.41) is 10.7. The number of hydrogen-bond donors (Lipinski definition) is 1. The van der Waals surface area contributed by atoms with Crippen molar-refractivity contribution < 1.29 is 9.31 Å². The SMILES string of the molecule is NCCCSCc1cc(F)ccc1[N+](=O)[O-]. The average molecular weight is 244 g/mol. The summed E-state index contributed by atoms with van der Waals surface area (Å²) in [6.45, 7) is 0.595. The lowest BCUT2D eigenvalue weighted by Gasteiger charge is -2.02. The Kier molecular flexibility index (Phi) is 5.21. The molecule has 0 unspecified atom stereocenters. The Balaban J connectivity index is 2.68. The number of nitro benzene ring substituents is 1. The molecule has 0 aromatic heterocycles. The number of nitrogens with zero attached hydrogens (tertiary/aromatic N) is 1. The van der Waals surface area contributed by atoms with E-state index < -0.39 is 10.7 Å². The van der Waals surface area contributed by atoms with Gasteiger partial charge in [-0.1, -0.05) is 0 Å². The van der Waals surface area contributed by atoms with Crippen LogP contribution in [0.3, 0.4) is 0 Å². The number of benzene rings is 1. The van der Waals surface area contributed by atoms with Crippen LogP contribution in [0.1, 0.15) is 12.0 Å². The highest BCUT2D eigenvalue weighted by Crippen LogP contribution is 2.24. The Labute approximate surface area is 97.2 Å². The third-order valence-electron chi connectivity index (χ3n) is 1.99. The first-order valence-corrected chi connectivity index (χ1v) is 6.01. The molecule has 0 fully saturated rings. The van der Waals surface area contributed by atoms with Gasteiger partial charge in [0.15, 0.2) is 0 Å². The number of rotatable bonds is 6. The van der Waals surface area contributed by atoms with E-state index in [-0.39, 0.29) is 5.69 Å². The molecule has 0 saturated heterocycles. The van der Waals surface area contributed by atoms with Crippen molar-refractivity contribution in [2.45, 2.75) is 12.2 Å². The Hall–Kier alpha value is -1.14. The zero-order chi connectivity index (χ0) is 12.0. The fourth-order valence-corrected chi connectivity index (χ4v) is 2.18. The molecule has 1 aromatic carbocycles. The van der Waals surface area contributed by atoms with Gasteiger partial charge in [-0.3, -0.25) is 10.1 Å². The fraction of sp³-hybridized carbons (Fsp3) is 0.400. The second-order valence-corrected chi connectivity index (χ2v) is 4.33. The summed E-state index contributed by atoms with van der Waals surface area (Å²) in [5.41, 5.74) is 5.73. The summed E-state index contributed by atoms with van der Waals surface area (Å²) in [4.78, 5) is 10.2. The molecule has 6 heteroatoms. The summed E-state index contributed by atoms with van der Waals surface area (Å²) in [7, 11) is 0. The molecule has 0 heterocycles. The Morgan fingerprint density at radius 2 is 2.25 bits per heavy atom. The minimum atomic E-state index is -0.488. The van der Waals surface area contributed by atoms with E-state index in [2.05, 4.69) is 0 Å². The van der Waals surface area contributed by atoms with E-state index in [1.807, 2.05) is 0 Å². The van der Waals surface area contributed by atoms with Crippen LogP contribution in [0.2, 0.25) is 0 Å². The first-order chi connectivity index (χ1) is 7.65. The molecule has 0 aliphatic carbocycles. The molecule has 1 aromatic rings. The van der Waals surface area contributed by atoms with Crippen molar-refractivity contribution in [2.24, 2.45) is 5.73 Å². The molecule has 88 valence electrons. The Morgan fingerprint density at radius 3 is 2.88 bits per heavy atom. The molecular weight excluding hydrogens is 231 g/mol. The van der Waals surface area contributed by atoms with Crippen LogP contribution in [0.5, 0.6) is 0 Å². The van der Waals surface area contributed by atoms with Crippen LogP contribution in [-0.2, 0) is 5.75 Å². The van der Waals surface area contributed by atoms with Gasteiger partial charge < -0.3 is 5.73 Å². The summed E-state index contributed by atoms with van der Waals surface area (Å²) in [6, 6.07) is 3.52. The lowest BCUT2D eigenvalue weighted by Crippen LogP contribution is -2.00. The van der Waals surface area contributed by atoms with E-state index in [4.69, 9.17) is 5.73 Å². The minimum absolute atomic E-state index is 0.0263. The van der Waals surface area contributed by atoms with Gasteiger partial charge in [0.05, 0.1) is 4.92 Å². The monoisotopic (exact) mass is 244 g/mol. The second-order valence-electron chi connectivity index (χ2n) is 3.22. The molecule has 0 saturated carbocycles. The maximum absolute atomic E-state index is 12.9. The summed E-state index contributed by atoms with van der Waals surface area (Å²) >= 11 is 1.52. The molecule has 0 atom stereocenters. The Morgan fingerprint density at radius 1 is 1.50 bits per heavy atom. The molecule has 1 rings (SSSR count). The minimum Gasteiger partial charge on any atom is -0.330 e. The maximum Gasteiger partial charge on any atom is 0.273 e. The van der Waals surface area contributed by atoms with Gasteiger partial charge >= 0.3 is 0 Å². The summed E-state index contributed by atoms with van der Waals surface area (Å²) < 4.78 is 12.9. The molecule has 4 nitrogen and oxygen atoms in total. The van der Waals surface area contributed by atoms with E-state index in [0.29, 0.717) is 17.9 Å². The average Bonchev–Trinajstić information content (AvgIpc) is 2.24. The molecule has 0 aliphatic rings. The highest BCUT2D eigenvalue weighted by atomic mass is 32.2. The van der Waals surface area contributed by atoms with E-state index in [1.54, 1.807) is 0 Å². The normalized spacial score (nSPS) is 10.4. The predicted molar refractivity (Wildman–Crippen MR) is 62.9 cm³/mol. The van der Waals surface area contributed by atoms with Gasteiger partial charge in [0.25, 0.3) is 5.69 Å². The molecule has 0 radical (unpaired) electrons. The second kappa shape index (κ2) is 6.44. The quantitative estimate of drug-likeness (QED) is 0.473. The van der Waals surface area contributed by atoms with E-state index >= 15 is 0 Å². The lowest BCUT2D eigenvalue weighted by atomic mass is 10.2. The molecule has 2 N–H and O–H groups in total. The standard InChI is InChI=1S/C10H13FN2O2S/c11-9-2-3-10(13(14)15)8(6-9)7-16-5-1-4-12/h2-3,6H,1,4-5,7,12H2. The third kappa shape index (κ3) is 3.79. The zero-order valence-electron chi connectivity index (χ0n) is 8.69. The van der Waals surface area contributed by atoms with Gasteiger partial charge in [-0.25, -0.2) is 4.39 Å². The molecule has 16 heavy (non-hydrogen) atoms. The number of thioether (sulfide) groups is 1. The van der Waals surface area contributed by atoms with Crippen LogP contribution >= 0.6 is 11.8 Å². The van der Waals surface area contributed by atoms with E-state index in [0.717, 1.165) is 18.2 Å². The number of nitro groups is 1. The van der Waals surface area contributed by atoms with Crippen molar-refractivity contribution in [3.05, 3.63) is 39.7 Å². The highest BCUT2D eigenvalue weighted by Gasteiger charge is 2.13. The first-order valence-electron chi connectivity index (χ1n) is 4.85. The largest absolute Gasteiger partial charge is 0.330 e. The van der Waals surface area contributed by atoms with Crippen molar-refractivity contribution in [3.8, 4) is 0 Å². The molecule has 0 spiro atoms. The van der Waals surface area contributed by atoms with E-state index in [9.17, 15) is 14.5 Å². The number of nitrogens with two attached hydrogens (primary N) is 1.